The van der Waals surface area contributed by atoms with E-state index in [1.165, 1.54) is 0 Å². The first kappa shape index (κ1) is 17.1. The van der Waals surface area contributed by atoms with E-state index in [1.54, 1.807) is 35.0 Å². The molecule has 0 aliphatic carbocycles. The molecule has 6 nitrogen and oxygen atoms in total. The Balaban J connectivity index is 1.53. The number of benzene rings is 1. The van der Waals surface area contributed by atoms with Crippen LogP contribution in [0.5, 0.6) is 11.6 Å². The van der Waals surface area contributed by atoms with Crippen molar-refractivity contribution in [1.82, 2.24) is 9.88 Å². The number of hydrogen-bond donors (Lipinski definition) is 1. The summed E-state index contributed by atoms with van der Waals surface area (Å²) in [5.41, 5.74) is 7.23. The molecule has 1 saturated heterocycles. The number of nitrogens with zero attached hydrogens (tertiary/aromatic N) is 3. The number of pyridine rings is 1. The Morgan fingerprint density at radius 3 is 2.84 bits per heavy atom. The Kier molecular flexibility index (Phi) is 5.41. The molecule has 0 saturated carbocycles. The fourth-order valence-corrected chi connectivity index (χ4v) is 3.59. The van der Waals surface area contributed by atoms with Gasteiger partial charge in [0.2, 0.25) is 11.8 Å². The highest BCUT2D eigenvalue weighted by Gasteiger charge is 2.28. The topological polar surface area (TPSA) is 92.2 Å². The van der Waals surface area contributed by atoms with E-state index in [0.29, 0.717) is 41.8 Å². The zero-order valence-corrected chi connectivity index (χ0v) is 14.4. The molecule has 1 aromatic carbocycles. The van der Waals surface area contributed by atoms with Crippen molar-refractivity contribution in [2.24, 2.45) is 0 Å². The summed E-state index contributed by atoms with van der Waals surface area (Å²) in [6.45, 7) is 0. The summed E-state index contributed by atoms with van der Waals surface area (Å²) in [4.78, 5) is 18.0. The minimum atomic E-state index is -0.291. The Labute approximate surface area is 150 Å². The van der Waals surface area contributed by atoms with E-state index in [2.05, 4.69) is 11.1 Å². The largest absolute Gasteiger partial charge is 0.439 e. The molecule has 1 aliphatic rings. The summed E-state index contributed by atoms with van der Waals surface area (Å²) in [6, 6.07) is 12.9. The molecule has 0 radical (unpaired) electrons. The van der Waals surface area contributed by atoms with Crippen molar-refractivity contribution in [1.29, 1.82) is 5.26 Å². The minimum Gasteiger partial charge on any atom is -0.439 e. The fourth-order valence-electron chi connectivity index (χ4n) is 2.49. The number of nitrogens with two attached hydrogens (primary N) is 1. The summed E-state index contributed by atoms with van der Waals surface area (Å²) in [5, 5.41) is 9.05. The zero-order valence-electron chi connectivity index (χ0n) is 13.6. The van der Waals surface area contributed by atoms with Crippen LogP contribution in [0.2, 0.25) is 0 Å². The van der Waals surface area contributed by atoms with Crippen LogP contribution < -0.4 is 10.5 Å². The van der Waals surface area contributed by atoms with Crippen LogP contribution in [-0.2, 0) is 11.2 Å². The van der Waals surface area contributed by atoms with Crippen molar-refractivity contribution >= 4 is 23.4 Å². The van der Waals surface area contributed by atoms with E-state index < -0.39 is 0 Å². The van der Waals surface area contributed by atoms with Crippen LogP contribution in [0.1, 0.15) is 12.0 Å². The summed E-state index contributed by atoms with van der Waals surface area (Å²) in [7, 11) is 0. The predicted octanol–water partition coefficient (Wildman–Crippen LogP) is 2.81. The number of rotatable bonds is 5. The second-order valence-corrected chi connectivity index (χ2v) is 6.68. The number of thioether (sulfide) groups is 1. The van der Waals surface area contributed by atoms with Gasteiger partial charge in [0.15, 0.2) is 0 Å². The lowest BCUT2D eigenvalue weighted by Crippen LogP contribution is -2.35. The number of amides is 1. The van der Waals surface area contributed by atoms with Gasteiger partial charge in [-0.05, 0) is 30.2 Å². The maximum Gasteiger partial charge on any atom is 0.224 e. The molecular weight excluding hydrogens is 336 g/mol. The molecule has 7 heteroatoms. The number of aromatic nitrogens is 1. The number of hydrogen-bond acceptors (Lipinski definition) is 6. The Hall–Kier alpha value is -2.72. The van der Waals surface area contributed by atoms with Crippen LogP contribution in [-0.4, -0.2) is 33.5 Å². The summed E-state index contributed by atoms with van der Waals surface area (Å²) in [5.74, 6) is 2.49. The van der Waals surface area contributed by atoms with Gasteiger partial charge in [0.25, 0.3) is 0 Å². The van der Waals surface area contributed by atoms with Crippen LogP contribution in [0.3, 0.4) is 0 Å². The van der Waals surface area contributed by atoms with Gasteiger partial charge in [-0.3, -0.25) is 4.79 Å². The van der Waals surface area contributed by atoms with Gasteiger partial charge >= 0.3 is 0 Å². The Morgan fingerprint density at radius 2 is 2.16 bits per heavy atom. The second kappa shape index (κ2) is 7.90. The number of nitriles is 1. The maximum atomic E-state index is 12.2. The van der Waals surface area contributed by atoms with Crippen molar-refractivity contribution in [2.45, 2.75) is 18.9 Å². The van der Waals surface area contributed by atoms with Gasteiger partial charge in [0.1, 0.15) is 11.8 Å². The van der Waals surface area contributed by atoms with Crippen molar-refractivity contribution in [3.8, 4) is 17.7 Å². The van der Waals surface area contributed by atoms with Crippen molar-refractivity contribution in [3.05, 3.63) is 48.2 Å². The zero-order chi connectivity index (χ0) is 17.6. The van der Waals surface area contributed by atoms with Crippen molar-refractivity contribution < 1.29 is 9.53 Å². The first-order valence-corrected chi connectivity index (χ1v) is 9.06. The maximum absolute atomic E-state index is 12.2. The molecule has 2 aromatic rings. The lowest BCUT2D eigenvalue weighted by atomic mass is 10.1. The van der Waals surface area contributed by atoms with Gasteiger partial charge < -0.3 is 15.4 Å². The summed E-state index contributed by atoms with van der Waals surface area (Å²) >= 11 is 1.62. The fraction of sp³-hybridized carbons (Fsp3) is 0.278. The van der Waals surface area contributed by atoms with Crippen molar-refractivity contribution in [3.63, 3.8) is 0 Å². The quantitative estimate of drug-likeness (QED) is 0.887. The smallest absolute Gasteiger partial charge is 0.224 e. The van der Waals surface area contributed by atoms with Crippen LogP contribution in [0.15, 0.2) is 42.6 Å². The molecule has 128 valence electrons. The monoisotopic (exact) mass is 354 g/mol. The molecule has 1 unspecified atom stereocenters. The van der Waals surface area contributed by atoms with Crippen molar-refractivity contribution in [2.75, 3.05) is 17.4 Å². The molecule has 1 aromatic heterocycles. The first-order chi connectivity index (χ1) is 12.2. The Bertz CT molecular complexity index is 771. The number of aryl methyl sites for hydroxylation is 1. The number of anilines is 1. The van der Waals surface area contributed by atoms with Gasteiger partial charge in [0.05, 0.1) is 23.8 Å². The Morgan fingerprint density at radius 1 is 1.36 bits per heavy atom. The highest BCUT2D eigenvalue weighted by molar-refractivity contribution is 7.99. The van der Waals surface area contributed by atoms with E-state index in [0.717, 1.165) is 5.56 Å². The van der Waals surface area contributed by atoms with Gasteiger partial charge in [-0.1, -0.05) is 12.1 Å². The summed E-state index contributed by atoms with van der Waals surface area (Å²) < 4.78 is 5.64. The van der Waals surface area contributed by atoms with E-state index in [1.807, 2.05) is 24.3 Å². The van der Waals surface area contributed by atoms with Gasteiger partial charge in [-0.25, -0.2) is 4.98 Å². The number of ether oxygens (including phenoxy) is 1. The van der Waals surface area contributed by atoms with Crippen LogP contribution in [0, 0.1) is 11.3 Å². The van der Waals surface area contributed by atoms with E-state index >= 15 is 0 Å². The number of nitrogen functional groups attached to an aromatic ring is 1. The second-order valence-electron chi connectivity index (χ2n) is 5.68. The highest BCUT2D eigenvalue weighted by atomic mass is 32.2. The lowest BCUT2D eigenvalue weighted by molar-refractivity contribution is -0.130. The molecule has 25 heavy (non-hydrogen) atoms. The third-order valence-electron chi connectivity index (χ3n) is 3.88. The van der Waals surface area contributed by atoms with Gasteiger partial charge in [-0.15, -0.1) is 11.8 Å². The van der Waals surface area contributed by atoms with Crippen LogP contribution in [0.25, 0.3) is 0 Å². The molecule has 1 amide bonds. The standard InChI is InChI=1S/C18H18N4O2S/c19-9-15-11-25-12-22(15)18(23)8-3-13-1-5-16(6-2-13)24-17-7-4-14(20)10-21-17/h1-2,4-7,10,15H,3,8,11-12,20H2. The lowest BCUT2D eigenvalue weighted by Gasteiger charge is -2.18. The molecule has 2 N–H and O–H groups in total. The molecule has 0 bridgehead atoms. The first-order valence-electron chi connectivity index (χ1n) is 7.91. The third kappa shape index (κ3) is 4.43. The van der Waals surface area contributed by atoms with E-state index in [-0.39, 0.29) is 11.9 Å². The molecule has 1 aliphatic heterocycles. The van der Waals surface area contributed by atoms with E-state index in [9.17, 15) is 4.79 Å². The molecule has 2 heterocycles. The molecule has 1 atom stereocenters. The van der Waals surface area contributed by atoms with E-state index in [4.69, 9.17) is 15.7 Å². The molecular formula is C18H18N4O2S. The SMILES string of the molecule is N#CC1CSCN1C(=O)CCc1ccc(Oc2ccc(N)cn2)cc1. The third-order valence-corrected chi connectivity index (χ3v) is 4.90. The van der Waals surface area contributed by atoms with Crippen LogP contribution >= 0.6 is 11.8 Å². The average molecular weight is 354 g/mol. The molecule has 1 fully saturated rings. The molecule has 0 spiro atoms. The number of carbonyl (C=O) groups is 1. The minimum absolute atomic E-state index is 0.0305. The predicted molar refractivity (Wildman–Crippen MR) is 97.1 cm³/mol. The van der Waals surface area contributed by atoms with Gasteiger partial charge in [-0.2, -0.15) is 5.26 Å². The van der Waals surface area contributed by atoms with Crippen LogP contribution in [0.4, 0.5) is 5.69 Å². The summed E-state index contributed by atoms with van der Waals surface area (Å²) in [6.07, 6.45) is 2.58. The average Bonchev–Trinajstić information content (AvgIpc) is 3.12. The normalized spacial score (nSPS) is 16.4. The van der Waals surface area contributed by atoms with Gasteiger partial charge in [0, 0.05) is 18.2 Å². The highest BCUT2D eigenvalue weighted by Crippen LogP contribution is 2.23. The number of carbonyl (C=O) groups excluding carboxylic acids is 1. The molecule has 3 rings (SSSR count).